The lowest BCUT2D eigenvalue weighted by molar-refractivity contribution is -0.142. The topological polar surface area (TPSA) is 105 Å². The SMILES string of the molecule is C=CCCC(NC(=O)CC1(NC(=O)OCC2c3ccccc3-c3ccccc32)CCC1)C(=O)O. The highest BCUT2D eigenvalue weighted by Gasteiger charge is 2.41. The number of carboxylic acids is 1. The molecule has 7 heteroatoms. The normalized spacial score (nSPS) is 16.4. The van der Waals surface area contributed by atoms with E-state index in [0.29, 0.717) is 19.3 Å². The molecule has 178 valence electrons. The molecule has 2 amide bonds. The van der Waals surface area contributed by atoms with Crippen molar-refractivity contribution >= 4 is 18.0 Å². The molecule has 7 nitrogen and oxygen atoms in total. The molecule has 0 heterocycles. The van der Waals surface area contributed by atoms with Crippen molar-refractivity contribution in [2.24, 2.45) is 0 Å². The van der Waals surface area contributed by atoms with E-state index in [9.17, 15) is 19.5 Å². The highest BCUT2D eigenvalue weighted by atomic mass is 16.5. The van der Waals surface area contributed by atoms with Gasteiger partial charge in [-0.2, -0.15) is 0 Å². The van der Waals surface area contributed by atoms with Gasteiger partial charge in [0.05, 0.1) is 5.54 Å². The molecular weight excluding hydrogens is 432 g/mol. The number of nitrogens with one attached hydrogen (secondary N) is 2. The van der Waals surface area contributed by atoms with Crippen LogP contribution in [0.2, 0.25) is 0 Å². The molecule has 1 atom stereocenters. The van der Waals surface area contributed by atoms with E-state index in [1.807, 2.05) is 24.3 Å². The summed E-state index contributed by atoms with van der Waals surface area (Å²) < 4.78 is 5.64. The Balaban J connectivity index is 1.35. The molecular formula is C27H30N2O5. The Labute approximate surface area is 199 Å². The zero-order chi connectivity index (χ0) is 24.1. The number of fused-ring (bicyclic) bond motifs is 3. The second-order valence-electron chi connectivity index (χ2n) is 9.09. The summed E-state index contributed by atoms with van der Waals surface area (Å²) in [5, 5.41) is 14.8. The molecule has 0 aliphatic heterocycles. The lowest BCUT2D eigenvalue weighted by atomic mass is 9.74. The van der Waals surface area contributed by atoms with Crippen LogP contribution >= 0.6 is 0 Å². The summed E-state index contributed by atoms with van der Waals surface area (Å²) >= 11 is 0. The van der Waals surface area contributed by atoms with Gasteiger partial charge in [0.1, 0.15) is 12.6 Å². The van der Waals surface area contributed by atoms with E-state index in [1.165, 1.54) is 0 Å². The van der Waals surface area contributed by atoms with Crippen LogP contribution in [0.15, 0.2) is 61.2 Å². The van der Waals surface area contributed by atoms with E-state index < -0.39 is 29.6 Å². The number of allylic oxidation sites excluding steroid dienone is 1. The van der Waals surface area contributed by atoms with Crippen LogP contribution in [0.3, 0.4) is 0 Å². The maximum absolute atomic E-state index is 12.7. The van der Waals surface area contributed by atoms with Crippen LogP contribution in [-0.2, 0) is 14.3 Å². The predicted octanol–water partition coefficient (Wildman–Crippen LogP) is 4.37. The van der Waals surface area contributed by atoms with Crippen molar-refractivity contribution in [1.82, 2.24) is 10.6 Å². The van der Waals surface area contributed by atoms with Crippen LogP contribution in [0.4, 0.5) is 4.79 Å². The Morgan fingerprint density at radius 3 is 2.24 bits per heavy atom. The van der Waals surface area contributed by atoms with Crippen molar-refractivity contribution in [3.05, 3.63) is 72.3 Å². The van der Waals surface area contributed by atoms with Crippen LogP contribution in [0.25, 0.3) is 11.1 Å². The van der Waals surface area contributed by atoms with Crippen molar-refractivity contribution in [2.45, 2.75) is 56.0 Å². The molecule has 2 aromatic rings. The number of alkyl carbamates (subject to hydrolysis) is 1. The fraction of sp³-hybridized carbons (Fsp3) is 0.370. The van der Waals surface area contributed by atoms with Gasteiger partial charge in [0.15, 0.2) is 0 Å². The van der Waals surface area contributed by atoms with Crippen molar-refractivity contribution in [3.8, 4) is 11.1 Å². The number of carbonyl (C=O) groups excluding carboxylic acids is 2. The third-order valence-corrected chi connectivity index (χ3v) is 6.81. The summed E-state index contributed by atoms with van der Waals surface area (Å²) in [4.78, 5) is 36.7. The standard InChI is InChI=1S/C27H30N2O5/c1-2-3-13-23(25(31)32)28-24(30)16-27(14-8-15-27)29-26(33)34-17-22-20-11-6-4-9-18(20)19-10-5-7-12-21(19)22/h2,4-7,9-12,22-23H,1,3,8,13-17H2,(H,28,30)(H,29,33)(H,31,32). The van der Waals surface area contributed by atoms with Crippen molar-refractivity contribution < 1.29 is 24.2 Å². The monoisotopic (exact) mass is 462 g/mol. The van der Waals surface area contributed by atoms with Crippen LogP contribution < -0.4 is 10.6 Å². The number of benzene rings is 2. The lowest BCUT2D eigenvalue weighted by Crippen LogP contribution is -2.57. The molecule has 0 saturated heterocycles. The Kier molecular flexibility index (Phi) is 7.01. The number of carbonyl (C=O) groups is 3. The molecule has 1 fully saturated rings. The van der Waals surface area contributed by atoms with Gasteiger partial charge < -0.3 is 20.5 Å². The first-order chi connectivity index (χ1) is 16.4. The molecule has 1 saturated carbocycles. The summed E-state index contributed by atoms with van der Waals surface area (Å²) in [6.45, 7) is 3.79. The Morgan fingerprint density at radius 2 is 1.71 bits per heavy atom. The van der Waals surface area contributed by atoms with Crippen LogP contribution in [0.5, 0.6) is 0 Å². The first-order valence-corrected chi connectivity index (χ1v) is 11.7. The molecule has 0 spiro atoms. The summed E-state index contributed by atoms with van der Waals surface area (Å²) in [5.74, 6) is -1.52. The minimum Gasteiger partial charge on any atom is -0.480 e. The van der Waals surface area contributed by atoms with Crippen molar-refractivity contribution in [2.75, 3.05) is 6.61 Å². The van der Waals surface area contributed by atoms with Crippen LogP contribution in [-0.4, -0.2) is 41.3 Å². The second-order valence-corrected chi connectivity index (χ2v) is 9.09. The average molecular weight is 463 g/mol. The molecule has 1 unspecified atom stereocenters. The fourth-order valence-electron chi connectivity index (χ4n) is 4.90. The zero-order valence-electron chi connectivity index (χ0n) is 19.1. The van der Waals surface area contributed by atoms with Crippen molar-refractivity contribution in [3.63, 3.8) is 0 Å². The molecule has 4 rings (SSSR count). The first kappa shape index (κ1) is 23.5. The number of hydrogen-bond acceptors (Lipinski definition) is 4. The maximum Gasteiger partial charge on any atom is 0.407 e. The van der Waals surface area contributed by atoms with Crippen LogP contribution in [0.1, 0.15) is 55.6 Å². The minimum atomic E-state index is -1.08. The summed E-state index contributed by atoms with van der Waals surface area (Å²) in [7, 11) is 0. The van der Waals surface area contributed by atoms with Gasteiger partial charge >= 0.3 is 12.1 Å². The van der Waals surface area contributed by atoms with E-state index in [4.69, 9.17) is 4.74 Å². The quantitative estimate of drug-likeness (QED) is 0.455. The Hall–Kier alpha value is -3.61. The number of aliphatic carboxylic acids is 1. The van der Waals surface area contributed by atoms with Gasteiger partial charge in [-0.3, -0.25) is 4.79 Å². The third kappa shape index (κ3) is 4.98. The van der Waals surface area contributed by atoms with Gasteiger partial charge in [-0.25, -0.2) is 9.59 Å². The summed E-state index contributed by atoms with van der Waals surface area (Å²) in [6.07, 6.45) is 4.02. The third-order valence-electron chi connectivity index (χ3n) is 6.81. The van der Waals surface area contributed by atoms with E-state index in [-0.39, 0.29) is 25.4 Å². The Bertz CT molecular complexity index is 1050. The van der Waals surface area contributed by atoms with E-state index in [1.54, 1.807) is 6.08 Å². The smallest absolute Gasteiger partial charge is 0.407 e. The van der Waals surface area contributed by atoms with E-state index in [0.717, 1.165) is 28.7 Å². The minimum absolute atomic E-state index is 0.0229. The number of carboxylic acid groups (broad SMARTS) is 1. The lowest BCUT2D eigenvalue weighted by Gasteiger charge is -2.41. The number of rotatable bonds is 10. The van der Waals surface area contributed by atoms with Gasteiger partial charge in [0, 0.05) is 12.3 Å². The molecule has 0 radical (unpaired) electrons. The maximum atomic E-state index is 12.7. The molecule has 34 heavy (non-hydrogen) atoms. The molecule has 2 aromatic carbocycles. The van der Waals surface area contributed by atoms with Gasteiger partial charge in [0.2, 0.25) is 5.91 Å². The van der Waals surface area contributed by atoms with Crippen LogP contribution in [0, 0.1) is 0 Å². The highest BCUT2D eigenvalue weighted by molar-refractivity contribution is 5.85. The van der Waals surface area contributed by atoms with Gasteiger partial charge in [-0.05, 0) is 54.4 Å². The van der Waals surface area contributed by atoms with E-state index >= 15 is 0 Å². The summed E-state index contributed by atoms with van der Waals surface area (Å²) in [6, 6.07) is 15.3. The predicted molar refractivity (Wildman–Crippen MR) is 128 cm³/mol. The van der Waals surface area contributed by atoms with E-state index in [2.05, 4.69) is 41.5 Å². The van der Waals surface area contributed by atoms with Gasteiger partial charge in [-0.1, -0.05) is 54.6 Å². The van der Waals surface area contributed by atoms with Crippen molar-refractivity contribution in [1.29, 1.82) is 0 Å². The highest BCUT2D eigenvalue weighted by Crippen LogP contribution is 2.44. The average Bonchev–Trinajstić information content (AvgIpc) is 3.12. The first-order valence-electron chi connectivity index (χ1n) is 11.7. The largest absolute Gasteiger partial charge is 0.480 e. The van der Waals surface area contributed by atoms with Gasteiger partial charge in [0.25, 0.3) is 0 Å². The Morgan fingerprint density at radius 1 is 1.09 bits per heavy atom. The number of amides is 2. The molecule has 2 aliphatic carbocycles. The number of ether oxygens (including phenoxy) is 1. The molecule has 0 bridgehead atoms. The molecule has 0 aromatic heterocycles. The fourth-order valence-corrected chi connectivity index (χ4v) is 4.90. The second kappa shape index (κ2) is 10.1. The number of hydrogen-bond donors (Lipinski definition) is 3. The summed E-state index contributed by atoms with van der Waals surface area (Å²) in [5.41, 5.74) is 3.88. The van der Waals surface area contributed by atoms with Gasteiger partial charge in [-0.15, -0.1) is 6.58 Å². The molecule has 2 aliphatic rings. The zero-order valence-corrected chi connectivity index (χ0v) is 19.1. The molecule has 3 N–H and O–H groups in total.